The summed E-state index contributed by atoms with van der Waals surface area (Å²) in [6, 6.07) is 1.58. The summed E-state index contributed by atoms with van der Waals surface area (Å²) >= 11 is 7.00. The standard InChI is InChI=1S/C9H14ClNO2S2/c1-7(2)11(3)15(12,13)9-4-8(5-10)14-6-9/h4,6-7H,5H2,1-3H3. The molecule has 0 atom stereocenters. The van der Waals surface area contributed by atoms with Gasteiger partial charge in [-0.1, -0.05) is 0 Å². The highest BCUT2D eigenvalue weighted by Gasteiger charge is 2.23. The minimum Gasteiger partial charge on any atom is -0.207 e. The van der Waals surface area contributed by atoms with Crippen molar-refractivity contribution in [1.29, 1.82) is 0 Å². The van der Waals surface area contributed by atoms with Crippen molar-refractivity contribution in [2.45, 2.75) is 30.7 Å². The zero-order chi connectivity index (χ0) is 11.6. The monoisotopic (exact) mass is 267 g/mol. The van der Waals surface area contributed by atoms with E-state index in [1.54, 1.807) is 18.5 Å². The number of alkyl halides is 1. The molecule has 0 N–H and O–H groups in total. The molecule has 3 nitrogen and oxygen atoms in total. The number of thiophene rings is 1. The van der Waals surface area contributed by atoms with Gasteiger partial charge in [0.1, 0.15) is 0 Å². The Morgan fingerprint density at radius 2 is 2.13 bits per heavy atom. The average Bonchev–Trinajstić information content (AvgIpc) is 2.65. The summed E-state index contributed by atoms with van der Waals surface area (Å²) < 4.78 is 25.3. The number of halogens is 1. The van der Waals surface area contributed by atoms with E-state index in [1.165, 1.54) is 15.6 Å². The van der Waals surface area contributed by atoms with Crippen molar-refractivity contribution >= 4 is 33.0 Å². The molecule has 0 bridgehead atoms. The lowest BCUT2D eigenvalue weighted by molar-refractivity contribution is 0.411. The van der Waals surface area contributed by atoms with E-state index in [-0.39, 0.29) is 6.04 Å². The highest BCUT2D eigenvalue weighted by molar-refractivity contribution is 7.89. The van der Waals surface area contributed by atoms with Crippen LogP contribution in [0.25, 0.3) is 0 Å². The molecule has 0 saturated carbocycles. The molecule has 0 amide bonds. The molecule has 0 fully saturated rings. The van der Waals surface area contributed by atoms with E-state index >= 15 is 0 Å². The Hall–Kier alpha value is -0.100. The van der Waals surface area contributed by atoms with E-state index in [2.05, 4.69) is 0 Å². The Morgan fingerprint density at radius 1 is 1.53 bits per heavy atom. The van der Waals surface area contributed by atoms with Crippen molar-refractivity contribution in [3.8, 4) is 0 Å². The molecule has 86 valence electrons. The maximum Gasteiger partial charge on any atom is 0.243 e. The van der Waals surface area contributed by atoms with Crippen LogP contribution in [0.3, 0.4) is 0 Å². The molecule has 0 aromatic carbocycles. The van der Waals surface area contributed by atoms with Crippen molar-refractivity contribution in [2.75, 3.05) is 7.05 Å². The summed E-state index contributed by atoms with van der Waals surface area (Å²) in [5.41, 5.74) is 0. The third-order valence-electron chi connectivity index (χ3n) is 2.17. The normalized spacial score (nSPS) is 12.7. The van der Waals surface area contributed by atoms with Gasteiger partial charge in [-0.15, -0.1) is 22.9 Å². The molecule has 0 aliphatic carbocycles. The fourth-order valence-electron chi connectivity index (χ4n) is 1.01. The molecular formula is C9H14ClNO2S2. The van der Waals surface area contributed by atoms with Crippen LogP contribution in [0.4, 0.5) is 0 Å². The molecule has 15 heavy (non-hydrogen) atoms. The van der Waals surface area contributed by atoms with Crippen LogP contribution in [-0.4, -0.2) is 25.8 Å². The van der Waals surface area contributed by atoms with Gasteiger partial charge in [0.05, 0.1) is 10.8 Å². The van der Waals surface area contributed by atoms with E-state index in [0.717, 1.165) is 4.88 Å². The molecule has 0 aliphatic heterocycles. The Kier molecular flexibility index (Phi) is 4.17. The van der Waals surface area contributed by atoms with Gasteiger partial charge in [0, 0.05) is 23.3 Å². The van der Waals surface area contributed by atoms with E-state index in [9.17, 15) is 8.42 Å². The van der Waals surface area contributed by atoms with Crippen LogP contribution in [0, 0.1) is 0 Å². The van der Waals surface area contributed by atoms with Crippen molar-refractivity contribution in [3.05, 3.63) is 16.3 Å². The molecular weight excluding hydrogens is 254 g/mol. The molecule has 0 aliphatic rings. The lowest BCUT2D eigenvalue weighted by atomic mass is 10.4. The molecule has 0 unspecified atom stereocenters. The molecule has 1 heterocycles. The lowest BCUT2D eigenvalue weighted by Crippen LogP contribution is -2.32. The van der Waals surface area contributed by atoms with Gasteiger partial charge in [-0.3, -0.25) is 0 Å². The van der Waals surface area contributed by atoms with Gasteiger partial charge >= 0.3 is 0 Å². The second kappa shape index (κ2) is 4.82. The third kappa shape index (κ3) is 2.72. The SMILES string of the molecule is CC(C)N(C)S(=O)(=O)c1csc(CCl)c1. The van der Waals surface area contributed by atoms with Gasteiger partial charge in [0.2, 0.25) is 10.0 Å². The summed E-state index contributed by atoms with van der Waals surface area (Å²) in [6.07, 6.45) is 0. The zero-order valence-electron chi connectivity index (χ0n) is 8.90. The Morgan fingerprint density at radius 3 is 2.53 bits per heavy atom. The van der Waals surface area contributed by atoms with Crippen molar-refractivity contribution in [1.82, 2.24) is 4.31 Å². The summed E-state index contributed by atoms with van der Waals surface area (Å²) in [5, 5.41) is 1.63. The fourth-order valence-corrected chi connectivity index (χ4v) is 3.75. The van der Waals surface area contributed by atoms with Crippen LogP contribution in [0.5, 0.6) is 0 Å². The Balaban J connectivity index is 3.06. The van der Waals surface area contributed by atoms with Crippen molar-refractivity contribution in [3.63, 3.8) is 0 Å². The average molecular weight is 268 g/mol. The van der Waals surface area contributed by atoms with Gasteiger partial charge in [-0.2, -0.15) is 4.31 Å². The predicted octanol–water partition coefficient (Wildman–Crippen LogP) is 2.52. The molecule has 0 radical (unpaired) electrons. The van der Waals surface area contributed by atoms with Gasteiger partial charge in [-0.25, -0.2) is 8.42 Å². The highest BCUT2D eigenvalue weighted by Crippen LogP contribution is 2.23. The van der Waals surface area contributed by atoms with Crippen LogP contribution < -0.4 is 0 Å². The van der Waals surface area contributed by atoms with E-state index < -0.39 is 10.0 Å². The summed E-state index contributed by atoms with van der Waals surface area (Å²) in [7, 11) is -1.76. The second-order valence-corrected chi connectivity index (χ2v) is 6.76. The quantitative estimate of drug-likeness (QED) is 0.786. The largest absolute Gasteiger partial charge is 0.243 e. The molecule has 6 heteroatoms. The smallest absolute Gasteiger partial charge is 0.207 e. The van der Waals surface area contributed by atoms with Crippen LogP contribution >= 0.6 is 22.9 Å². The summed E-state index contributed by atoms with van der Waals surface area (Å²) in [5.74, 6) is 0.353. The number of nitrogens with zero attached hydrogens (tertiary/aromatic N) is 1. The zero-order valence-corrected chi connectivity index (χ0v) is 11.3. The van der Waals surface area contributed by atoms with Crippen LogP contribution in [0.1, 0.15) is 18.7 Å². The first kappa shape index (κ1) is 13.0. The van der Waals surface area contributed by atoms with Crippen molar-refractivity contribution in [2.24, 2.45) is 0 Å². The summed E-state index contributed by atoms with van der Waals surface area (Å²) in [4.78, 5) is 1.20. The van der Waals surface area contributed by atoms with Gasteiger partial charge in [0.15, 0.2) is 0 Å². The first-order valence-electron chi connectivity index (χ1n) is 4.51. The highest BCUT2D eigenvalue weighted by atomic mass is 35.5. The lowest BCUT2D eigenvalue weighted by Gasteiger charge is -2.19. The number of hydrogen-bond donors (Lipinski definition) is 0. The maximum atomic E-state index is 12.0. The number of rotatable bonds is 4. The van der Waals surface area contributed by atoms with Crippen LogP contribution in [-0.2, 0) is 15.9 Å². The third-order valence-corrected chi connectivity index (χ3v) is 5.71. The fraction of sp³-hybridized carbons (Fsp3) is 0.556. The molecule has 0 spiro atoms. The first-order chi connectivity index (χ1) is 6.89. The number of hydrogen-bond acceptors (Lipinski definition) is 3. The van der Waals surface area contributed by atoms with E-state index in [1.807, 2.05) is 13.8 Å². The van der Waals surface area contributed by atoms with Crippen LogP contribution in [0.2, 0.25) is 0 Å². The minimum absolute atomic E-state index is 0.0469. The maximum absolute atomic E-state index is 12.0. The van der Waals surface area contributed by atoms with E-state index in [4.69, 9.17) is 11.6 Å². The molecule has 1 aromatic rings. The summed E-state index contributed by atoms with van der Waals surface area (Å²) in [6.45, 7) is 3.68. The minimum atomic E-state index is -3.34. The molecule has 1 rings (SSSR count). The topological polar surface area (TPSA) is 37.4 Å². The Bertz CT molecular complexity index is 425. The number of sulfonamides is 1. The predicted molar refractivity (Wildman–Crippen MR) is 64.0 cm³/mol. The first-order valence-corrected chi connectivity index (χ1v) is 7.36. The molecule has 0 saturated heterocycles. The van der Waals surface area contributed by atoms with E-state index in [0.29, 0.717) is 10.8 Å². The van der Waals surface area contributed by atoms with Gasteiger partial charge < -0.3 is 0 Å². The second-order valence-electron chi connectivity index (χ2n) is 3.50. The van der Waals surface area contributed by atoms with Crippen molar-refractivity contribution < 1.29 is 8.42 Å². The van der Waals surface area contributed by atoms with Gasteiger partial charge in [0.25, 0.3) is 0 Å². The Labute approximate surface area is 99.7 Å². The van der Waals surface area contributed by atoms with Gasteiger partial charge in [-0.05, 0) is 19.9 Å². The molecule has 1 aromatic heterocycles. The van der Waals surface area contributed by atoms with Crippen LogP contribution in [0.15, 0.2) is 16.3 Å².